The number of benzene rings is 1. The van der Waals surface area contributed by atoms with Crippen molar-refractivity contribution in [1.82, 2.24) is 5.32 Å². The molecule has 1 N–H and O–H groups in total. The Hall–Kier alpha value is -1.12. The first kappa shape index (κ1) is 14.3. The first-order valence-corrected chi connectivity index (χ1v) is 7.92. The van der Waals surface area contributed by atoms with Crippen molar-refractivity contribution in [3.05, 3.63) is 57.8 Å². The average Bonchev–Trinajstić information content (AvgIpc) is 2.94. The van der Waals surface area contributed by atoms with E-state index in [1.54, 1.807) is 0 Å². The number of likely N-dealkylation sites (N-methyl/N-ethyl adjacent to an activating group) is 1. The van der Waals surface area contributed by atoms with Gasteiger partial charge in [0.05, 0.1) is 0 Å². The van der Waals surface area contributed by atoms with E-state index in [0.29, 0.717) is 12.0 Å². The Balaban J connectivity index is 2.28. The van der Waals surface area contributed by atoms with Crippen LogP contribution >= 0.6 is 11.3 Å². The van der Waals surface area contributed by atoms with Crippen molar-refractivity contribution in [2.24, 2.45) is 0 Å². The van der Waals surface area contributed by atoms with Gasteiger partial charge >= 0.3 is 0 Å². The van der Waals surface area contributed by atoms with Gasteiger partial charge in [-0.2, -0.15) is 0 Å². The van der Waals surface area contributed by atoms with Crippen LogP contribution in [0, 0.1) is 0 Å². The zero-order chi connectivity index (χ0) is 13.7. The molecule has 0 spiro atoms. The Labute approximate surface area is 120 Å². The maximum atomic E-state index is 3.52. The summed E-state index contributed by atoms with van der Waals surface area (Å²) >= 11 is 1.94. The molecule has 1 aromatic heterocycles. The Morgan fingerprint density at radius 2 is 1.79 bits per heavy atom. The van der Waals surface area contributed by atoms with Crippen molar-refractivity contribution in [3.63, 3.8) is 0 Å². The van der Waals surface area contributed by atoms with E-state index in [4.69, 9.17) is 0 Å². The highest BCUT2D eigenvalue weighted by molar-refractivity contribution is 7.12. The first-order chi connectivity index (χ1) is 9.30. The van der Waals surface area contributed by atoms with Gasteiger partial charge in [0.15, 0.2) is 0 Å². The summed E-state index contributed by atoms with van der Waals surface area (Å²) in [4.78, 5) is 2.92. The Morgan fingerprint density at radius 1 is 1.05 bits per heavy atom. The summed E-state index contributed by atoms with van der Waals surface area (Å²) < 4.78 is 0. The van der Waals surface area contributed by atoms with Crippen molar-refractivity contribution in [2.75, 3.05) is 7.05 Å². The molecule has 0 bridgehead atoms. The topological polar surface area (TPSA) is 12.0 Å². The van der Waals surface area contributed by atoms with Gasteiger partial charge in [0.1, 0.15) is 0 Å². The summed E-state index contributed by atoms with van der Waals surface area (Å²) in [5, 5.41) is 3.52. The van der Waals surface area contributed by atoms with Gasteiger partial charge < -0.3 is 5.32 Å². The monoisotopic (exact) mass is 273 g/mol. The third-order valence-electron chi connectivity index (χ3n) is 3.72. The number of thiophene rings is 1. The Kier molecular flexibility index (Phi) is 5.17. The molecule has 1 heterocycles. The second-order valence-electron chi connectivity index (χ2n) is 4.85. The zero-order valence-electron chi connectivity index (χ0n) is 12.0. The van der Waals surface area contributed by atoms with Crippen LogP contribution in [0.1, 0.15) is 47.5 Å². The number of aryl methyl sites for hydroxylation is 1. The van der Waals surface area contributed by atoms with Crippen LogP contribution in [0.4, 0.5) is 0 Å². The Morgan fingerprint density at radius 3 is 2.32 bits per heavy atom. The minimum absolute atomic E-state index is 0.415. The quantitative estimate of drug-likeness (QED) is 0.799. The highest BCUT2D eigenvalue weighted by atomic mass is 32.1. The lowest BCUT2D eigenvalue weighted by Crippen LogP contribution is -2.22. The maximum absolute atomic E-state index is 3.52. The molecule has 2 aromatic rings. The van der Waals surface area contributed by atoms with Crippen LogP contribution in [0.2, 0.25) is 0 Å². The molecule has 2 rings (SSSR count). The van der Waals surface area contributed by atoms with Crippen molar-refractivity contribution in [3.8, 4) is 0 Å². The van der Waals surface area contributed by atoms with Crippen molar-refractivity contribution >= 4 is 11.3 Å². The number of hydrogen-bond acceptors (Lipinski definition) is 2. The van der Waals surface area contributed by atoms with Crippen LogP contribution in [-0.4, -0.2) is 7.05 Å². The third kappa shape index (κ3) is 3.26. The van der Waals surface area contributed by atoms with Crippen molar-refractivity contribution < 1.29 is 0 Å². The van der Waals surface area contributed by atoms with Gasteiger partial charge in [-0.15, -0.1) is 11.3 Å². The molecule has 1 nitrogen and oxygen atoms in total. The van der Waals surface area contributed by atoms with Gasteiger partial charge in [-0.1, -0.05) is 44.2 Å². The summed E-state index contributed by atoms with van der Waals surface area (Å²) in [6.45, 7) is 4.49. The van der Waals surface area contributed by atoms with Crippen LogP contribution in [-0.2, 0) is 6.42 Å². The van der Waals surface area contributed by atoms with E-state index in [2.05, 4.69) is 68.7 Å². The molecule has 0 aliphatic carbocycles. The zero-order valence-corrected chi connectivity index (χ0v) is 12.8. The summed E-state index contributed by atoms with van der Waals surface area (Å²) in [7, 11) is 2.07. The minimum atomic E-state index is 0.415. The molecule has 0 aliphatic rings. The number of rotatable bonds is 6. The lowest BCUT2D eigenvalue weighted by atomic mass is 9.88. The molecule has 0 fully saturated rings. The fraction of sp³-hybridized carbons (Fsp3) is 0.412. The number of nitrogens with one attached hydrogen (secondary N) is 1. The average molecular weight is 273 g/mol. The molecule has 0 radical (unpaired) electrons. The van der Waals surface area contributed by atoms with E-state index in [9.17, 15) is 0 Å². The van der Waals surface area contributed by atoms with Crippen molar-refractivity contribution in [2.45, 2.75) is 38.6 Å². The molecular formula is C17H23NS. The molecule has 1 aromatic carbocycles. The molecule has 0 saturated carbocycles. The summed E-state index contributed by atoms with van der Waals surface area (Å²) in [6, 6.07) is 15.8. The smallest absolute Gasteiger partial charge is 0.0481 e. The largest absolute Gasteiger partial charge is 0.312 e. The molecule has 0 aliphatic heterocycles. The van der Waals surface area contributed by atoms with E-state index in [-0.39, 0.29) is 0 Å². The fourth-order valence-electron chi connectivity index (χ4n) is 2.66. The van der Waals surface area contributed by atoms with Gasteiger partial charge in [0.25, 0.3) is 0 Å². The minimum Gasteiger partial charge on any atom is -0.312 e. The van der Waals surface area contributed by atoms with Crippen molar-refractivity contribution in [1.29, 1.82) is 0 Å². The van der Waals surface area contributed by atoms with Gasteiger partial charge in [-0.05, 0) is 37.6 Å². The predicted molar refractivity (Wildman–Crippen MR) is 85.0 cm³/mol. The number of hydrogen-bond donors (Lipinski definition) is 1. The van der Waals surface area contributed by atoms with E-state index in [0.717, 1.165) is 12.8 Å². The third-order valence-corrected chi connectivity index (χ3v) is 5.03. The normalized spacial score (nSPS) is 14.3. The van der Waals surface area contributed by atoms with E-state index in [1.165, 1.54) is 15.3 Å². The highest BCUT2D eigenvalue weighted by Crippen LogP contribution is 2.36. The van der Waals surface area contributed by atoms with Crippen LogP contribution in [0.5, 0.6) is 0 Å². The van der Waals surface area contributed by atoms with Gasteiger partial charge in [0.2, 0.25) is 0 Å². The van der Waals surface area contributed by atoms with Gasteiger partial charge in [0, 0.05) is 21.7 Å². The fourth-order valence-corrected chi connectivity index (χ4v) is 3.79. The summed E-state index contributed by atoms with van der Waals surface area (Å²) in [5.74, 6) is 0.537. The molecule has 19 heavy (non-hydrogen) atoms. The van der Waals surface area contributed by atoms with Crippen LogP contribution in [0.15, 0.2) is 42.5 Å². The van der Waals surface area contributed by atoms with E-state index in [1.807, 2.05) is 11.3 Å². The second kappa shape index (κ2) is 6.88. The molecule has 2 heteroatoms. The first-order valence-electron chi connectivity index (χ1n) is 7.10. The summed E-state index contributed by atoms with van der Waals surface area (Å²) in [6.07, 6.45) is 2.28. The highest BCUT2D eigenvalue weighted by Gasteiger charge is 2.23. The predicted octanol–water partition coefficient (Wildman–Crippen LogP) is 4.76. The molecular weight excluding hydrogens is 250 g/mol. The Bertz CT molecular complexity index is 489. The molecule has 2 unspecified atom stereocenters. The molecule has 0 saturated heterocycles. The maximum Gasteiger partial charge on any atom is 0.0481 e. The van der Waals surface area contributed by atoms with Crippen LogP contribution in [0.3, 0.4) is 0 Å². The SMILES string of the molecule is CCc1ccc(C(NC)C(CC)c2ccccc2)s1. The molecule has 2 atom stereocenters. The van der Waals surface area contributed by atoms with Crippen LogP contribution < -0.4 is 5.32 Å². The van der Waals surface area contributed by atoms with Crippen LogP contribution in [0.25, 0.3) is 0 Å². The van der Waals surface area contributed by atoms with Gasteiger partial charge in [-0.25, -0.2) is 0 Å². The standard InChI is InChI=1S/C17H23NS/c1-4-14-11-12-16(19-14)17(18-3)15(5-2)13-9-7-6-8-10-13/h6-12,15,17-18H,4-5H2,1-3H3. The molecule has 102 valence electrons. The molecule has 0 amide bonds. The van der Waals surface area contributed by atoms with E-state index >= 15 is 0 Å². The lowest BCUT2D eigenvalue weighted by Gasteiger charge is -2.25. The second-order valence-corrected chi connectivity index (χ2v) is 6.05. The lowest BCUT2D eigenvalue weighted by molar-refractivity contribution is 0.474. The summed E-state index contributed by atoms with van der Waals surface area (Å²) in [5.41, 5.74) is 1.43. The van der Waals surface area contributed by atoms with Gasteiger partial charge in [-0.3, -0.25) is 0 Å². The van der Waals surface area contributed by atoms with E-state index < -0.39 is 0 Å².